The van der Waals surface area contributed by atoms with E-state index in [9.17, 15) is 4.79 Å². The molecule has 1 unspecified atom stereocenters. The van der Waals surface area contributed by atoms with Gasteiger partial charge >= 0.3 is 0 Å². The molecular weight excluding hydrogens is 308 g/mol. The molecular formula is C17H22N4OS. The molecule has 3 rings (SSSR count). The Morgan fingerprint density at radius 1 is 1.43 bits per heavy atom. The first kappa shape index (κ1) is 16.1. The van der Waals surface area contributed by atoms with Crippen LogP contribution in [0.1, 0.15) is 29.5 Å². The standard InChI is InChI=1S/C17H22N4OS/c1-12(18)9-16(22)20-17-19-14-7-8-21(11-15(14)23-17)10-13-5-3-2-4-6-13/h2-6,12H,7-11,18H2,1H3,(H,19,20,22). The summed E-state index contributed by atoms with van der Waals surface area (Å²) in [5.74, 6) is -0.0627. The topological polar surface area (TPSA) is 71.2 Å². The second-order valence-corrected chi connectivity index (χ2v) is 7.15. The van der Waals surface area contributed by atoms with Gasteiger partial charge in [0.2, 0.25) is 5.91 Å². The Labute approximate surface area is 140 Å². The Hall–Kier alpha value is -1.76. The van der Waals surface area contributed by atoms with Crippen molar-refractivity contribution in [2.45, 2.75) is 38.9 Å². The quantitative estimate of drug-likeness (QED) is 0.883. The molecule has 5 nitrogen and oxygen atoms in total. The number of nitrogens with two attached hydrogens (primary N) is 1. The molecule has 0 bridgehead atoms. The second-order valence-electron chi connectivity index (χ2n) is 6.06. The highest BCUT2D eigenvalue weighted by atomic mass is 32.1. The van der Waals surface area contributed by atoms with E-state index >= 15 is 0 Å². The lowest BCUT2D eigenvalue weighted by atomic mass is 10.1. The van der Waals surface area contributed by atoms with Crippen LogP contribution < -0.4 is 11.1 Å². The van der Waals surface area contributed by atoms with Crippen LogP contribution in [-0.4, -0.2) is 28.4 Å². The molecule has 0 spiro atoms. The van der Waals surface area contributed by atoms with E-state index in [0.29, 0.717) is 11.6 Å². The highest BCUT2D eigenvalue weighted by Crippen LogP contribution is 2.29. The third-order valence-corrected chi connectivity index (χ3v) is 4.81. The van der Waals surface area contributed by atoms with Gasteiger partial charge in [-0.1, -0.05) is 30.3 Å². The number of thiazole rings is 1. The van der Waals surface area contributed by atoms with Crippen LogP contribution in [0.5, 0.6) is 0 Å². The molecule has 1 aromatic carbocycles. The summed E-state index contributed by atoms with van der Waals surface area (Å²) in [7, 11) is 0. The molecule has 0 radical (unpaired) electrons. The van der Waals surface area contributed by atoms with Crippen molar-refractivity contribution in [3.05, 3.63) is 46.5 Å². The predicted octanol–water partition coefficient (Wildman–Crippen LogP) is 2.38. The number of nitrogens with one attached hydrogen (secondary N) is 1. The molecule has 2 aromatic rings. The summed E-state index contributed by atoms with van der Waals surface area (Å²) >= 11 is 1.58. The van der Waals surface area contributed by atoms with Crippen LogP contribution in [0.3, 0.4) is 0 Å². The van der Waals surface area contributed by atoms with Crippen molar-refractivity contribution in [2.24, 2.45) is 5.73 Å². The zero-order valence-corrected chi connectivity index (χ0v) is 14.1. The predicted molar refractivity (Wildman–Crippen MR) is 93.3 cm³/mol. The zero-order valence-electron chi connectivity index (χ0n) is 13.3. The van der Waals surface area contributed by atoms with Gasteiger partial charge in [-0.05, 0) is 12.5 Å². The van der Waals surface area contributed by atoms with E-state index in [1.165, 1.54) is 10.4 Å². The van der Waals surface area contributed by atoms with Crippen molar-refractivity contribution in [2.75, 3.05) is 11.9 Å². The van der Waals surface area contributed by atoms with Gasteiger partial charge in [0.05, 0.1) is 5.69 Å². The van der Waals surface area contributed by atoms with E-state index < -0.39 is 0 Å². The molecule has 1 aliphatic rings. The summed E-state index contributed by atoms with van der Waals surface area (Å²) in [6, 6.07) is 10.4. The smallest absolute Gasteiger partial charge is 0.227 e. The molecule has 1 atom stereocenters. The number of carbonyl (C=O) groups excluding carboxylic acids is 1. The number of carbonyl (C=O) groups is 1. The summed E-state index contributed by atoms with van der Waals surface area (Å²) in [6.45, 7) is 4.67. The van der Waals surface area contributed by atoms with E-state index in [2.05, 4.69) is 39.5 Å². The van der Waals surface area contributed by atoms with Crippen LogP contribution in [0.15, 0.2) is 30.3 Å². The van der Waals surface area contributed by atoms with Crippen LogP contribution in [0, 0.1) is 0 Å². The molecule has 0 saturated carbocycles. The van der Waals surface area contributed by atoms with Crippen molar-refractivity contribution < 1.29 is 4.79 Å². The summed E-state index contributed by atoms with van der Waals surface area (Å²) in [4.78, 5) is 20.0. The fourth-order valence-corrected chi connectivity index (χ4v) is 3.81. The number of aromatic nitrogens is 1. The Morgan fingerprint density at radius 3 is 2.96 bits per heavy atom. The second kappa shape index (κ2) is 7.21. The van der Waals surface area contributed by atoms with Gasteiger partial charge in [-0.15, -0.1) is 11.3 Å². The van der Waals surface area contributed by atoms with Gasteiger partial charge < -0.3 is 11.1 Å². The van der Waals surface area contributed by atoms with Crippen LogP contribution in [0.4, 0.5) is 5.13 Å². The number of nitrogens with zero attached hydrogens (tertiary/aromatic N) is 2. The number of anilines is 1. The highest BCUT2D eigenvalue weighted by molar-refractivity contribution is 7.15. The van der Waals surface area contributed by atoms with Crippen molar-refractivity contribution in [1.82, 2.24) is 9.88 Å². The largest absolute Gasteiger partial charge is 0.327 e. The lowest BCUT2D eigenvalue weighted by Crippen LogP contribution is -2.29. The molecule has 6 heteroatoms. The maximum atomic E-state index is 11.8. The molecule has 122 valence electrons. The van der Waals surface area contributed by atoms with E-state index in [4.69, 9.17) is 5.73 Å². The molecule has 23 heavy (non-hydrogen) atoms. The summed E-state index contributed by atoms with van der Waals surface area (Å²) in [5, 5.41) is 3.56. The summed E-state index contributed by atoms with van der Waals surface area (Å²) < 4.78 is 0. The SMILES string of the molecule is CC(N)CC(=O)Nc1nc2c(s1)CN(Cc1ccccc1)CC2. The van der Waals surface area contributed by atoms with Gasteiger partial charge in [-0.3, -0.25) is 9.69 Å². The Morgan fingerprint density at radius 2 is 2.22 bits per heavy atom. The molecule has 1 aromatic heterocycles. The van der Waals surface area contributed by atoms with Crippen LogP contribution >= 0.6 is 11.3 Å². The fourth-order valence-electron chi connectivity index (χ4n) is 2.74. The summed E-state index contributed by atoms with van der Waals surface area (Å²) in [5.41, 5.74) is 8.10. The number of hydrogen-bond acceptors (Lipinski definition) is 5. The third-order valence-electron chi connectivity index (χ3n) is 3.81. The third kappa shape index (κ3) is 4.37. The molecule has 0 fully saturated rings. The Balaban J connectivity index is 1.61. The lowest BCUT2D eigenvalue weighted by molar-refractivity contribution is -0.116. The minimum Gasteiger partial charge on any atom is -0.327 e. The maximum absolute atomic E-state index is 11.8. The number of amides is 1. The van der Waals surface area contributed by atoms with E-state index in [0.717, 1.165) is 31.7 Å². The molecule has 3 N–H and O–H groups in total. The minimum absolute atomic E-state index is 0.0627. The number of hydrogen-bond donors (Lipinski definition) is 2. The monoisotopic (exact) mass is 330 g/mol. The van der Waals surface area contributed by atoms with E-state index in [1.807, 2.05) is 13.0 Å². The highest BCUT2D eigenvalue weighted by Gasteiger charge is 2.21. The normalized spacial score (nSPS) is 15.9. The first-order valence-electron chi connectivity index (χ1n) is 7.90. The van der Waals surface area contributed by atoms with Gasteiger partial charge in [0.25, 0.3) is 0 Å². The average molecular weight is 330 g/mol. The van der Waals surface area contributed by atoms with Crippen LogP contribution in [-0.2, 0) is 24.3 Å². The number of rotatable bonds is 5. The molecule has 0 saturated heterocycles. The summed E-state index contributed by atoms with van der Waals surface area (Å²) in [6.07, 6.45) is 1.26. The van der Waals surface area contributed by atoms with Crippen molar-refractivity contribution in [3.63, 3.8) is 0 Å². The average Bonchev–Trinajstić information content (AvgIpc) is 2.88. The van der Waals surface area contributed by atoms with Gasteiger partial charge in [0.15, 0.2) is 5.13 Å². The van der Waals surface area contributed by atoms with E-state index in [1.54, 1.807) is 11.3 Å². The van der Waals surface area contributed by atoms with E-state index in [-0.39, 0.29) is 11.9 Å². The zero-order chi connectivity index (χ0) is 16.2. The van der Waals surface area contributed by atoms with Crippen LogP contribution in [0.25, 0.3) is 0 Å². The number of fused-ring (bicyclic) bond motifs is 1. The number of benzene rings is 1. The minimum atomic E-state index is -0.133. The molecule has 1 amide bonds. The Bertz CT molecular complexity index is 668. The van der Waals surface area contributed by atoms with Gasteiger partial charge in [0.1, 0.15) is 0 Å². The van der Waals surface area contributed by atoms with Crippen LogP contribution in [0.2, 0.25) is 0 Å². The van der Waals surface area contributed by atoms with Gasteiger partial charge in [-0.25, -0.2) is 4.98 Å². The first-order chi connectivity index (χ1) is 11.1. The van der Waals surface area contributed by atoms with Gasteiger partial charge in [0, 0.05) is 43.4 Å². The van der Waals surface area contributed by atoms with Crippen molar-refractivity contribution >= 4 is 22.4 Å². The molecule has 1 aliphatic heterocycles. The van der Waals surface area contributed by atoms with Crippen molar-refractivity contribution in [1.29, 1.82) is 0 Å². The van der Waals surface area contributed by atoms with Crippen molar-refractivity contribution in [3.8, 4) is 0 Å². The lowest BCUT2D eigenvalue weighted by Gasteiger charge is -2.25. The maximum Gasteiger partial charge on any atom is 0.227 e. The molecule has 2 heterocycles. The first-order valence-corrected chi connectivity index (χ1v) is 8.72. The molecule has 0 aliphatic carbocycles. The van der Waals surface area contributed by atoms with Gasteiger partial charge in [-0.2, -0.15) is 0 Å². The fraction of sp³-hybridized carbons (Fsp3) is 0.412. The Kier molecular flexibility index (Phi) is 5.05.